The number of phenolic OH excluding ortho intramolecular Hbond substituents is 1. The number of methoxy groups -OCH3 is 1. The Morgan fingerprint density at radius 2 is 1.76 bits per heavy atom. The first-order chi connectivity index (χ1) is 8.13. The highest BCUT2D eigenvalue weighted by Gasteiger charge is 2.23. The number of allylic oxidation sites excluding steroid dienone is 3. The first kappa shape index (κ1) is 11.1. The SMILES string of the molecule is COC1=CC(=O)C(c2ccccc2O)=CC1=O. The molecule has 1 aromatic rings. The van der Waals surface area contributed by atoms with Crippen molar-refractivity contribution in [1.82, 2.24) is 0 Å². The summed E-state index contributed by atoms with van der Waals surface area (Å²) in [6.07, 6.45) is 2.31. The number of benzene rings is 1. The number of para-hydroxylation sites is 1. The van der Waals surface area contributed by atoms with Gasteiger partial charge in [-0.15, -0.1) is 0 Å². The van der Waals surface area contributed by atoms with Gasteiger partial charge in [-0.1, -0.05) is 18.2 Å². The van der Waals surface area contributed by atoms with Crippen molar-refractivity contribution < 1.29 is 19.4 Å². The number of carbonyl (C=O) groups is 2. The summed E-state index contributed by atoms with van der Waals surface area (Å²) < 4.78 is 4.77. The lowest BCUT2D eigenvalue weighted by molar-refractivity contribution is -0.116. The zero-order valence-electron chi connectivity index (χ0n) is 9.14. The van der Waals surface area contributed by atoms with Crippen LogP contribution in [-0.2, 0) is 14.3 Å². The smallest absolute Gasteiger partial charge is 0.221 e. The van der Waals surface area contributed by atoms with Crippen molar-refractivity contribution in [2.75, 3.05) is 7.11 Å². The molecule has 0 aliphatic heterocycles. The van der Waals surface area contributed by atoms with E-state index in [1.807, 2.05) is 0 Å². The normalized spacial score (nSPS) is 15.4. The molecule has 2 rings (SSSR count). The van der Waals surface area contributed by atoms with Crippen LogP contribution in [0.2, 0.25) is 0 Å². The lowest BCUT2D eigenvalue weighted by Crippen LogP contribution is -2.13. The summed E-state index contributed by atoms with van der Waals surface area (Å²) in [5.74, 6) is -0.767. The first-order valence-corrected chi connectivity index (χ1v) is 4.98. The lowest BCUT2D eigenvalue weighted by Gasteiger charge is -2.12. The summed E-state index contributed by atoms with van der Waals surface area (Å²) in [4.78, 5) is 23.3. The molecule has 0 bridgehead atoms. The largest absolute Gasteiger partial charge is 0.507 e. The second-order valence-electron chi connectivity index (χ2n) is 3.52. The van der Waals surface area contributed by atoms with E-state index in [1.165, 1.54) is 19.3 Å². The highest BCUT2D eigenvalue weighted by atomic mass is 16.5. The number of carbonyl (C=O) groups excluding carboxylic acids is 2. The molecule has 0 saturated heterocycles. The maximum atomic E-state index is 11.8. The molecular formula is C13H10O4. The molecule has 1 aromatic carbocycles. The average Bonchev–Trinajstić information content (AvgIpc) is 2.32. The van der Waals surface area contributed by atoms with E-state index >= 15 is 0 Å². The van der Waals surface area contributed by atoms with Crippen LogP contribution in [-0.4, -0.2) is 23.8 Å². The molecule has 4 nitrogen and oxygen atoms in total. The molecule has 0 fully saturated rings. The molecule has 1 aliphatic rings. The number of ketones is 2. The summed E-state index contributed by atoms with van der Waals surface area (Å²) in [7, 11) is 1.33. The molecule has 86 valence electrons. The Bertz CT molecular complexity index is 552. The van der Waals surface area contributed by atoms with E-state index in [0.29, 0.717) is 5.56 Å². The second kappa shape index (κ2) is 4.25. The molecule has 4 heteroatoms. The van der Waals surface area contributed by atoms with E-state index in [-0.39, 0.29) is 28.6 Å². The molecule has 0 atom stereocenters. The van der Waals surface area contributed by atoms with Gasteiger partial charge in [-0.2, -0.15) is 0 Å². The quantitative estimate of drug-likeness (QED) is 0.781. The van der Waals surface area contributed by atoms with Gasteiger partial charge in [0.1, 0.15) is 5.75 Å². The fourth-order valence-corrected chi connectivity index (χ4v) is 1.61. The van der Waals surface area contributed by atoms with Crippen LogP contribution in [0.15, 0.2) is 42.2 Å². The van der Waals surface area contributed by atoms with E-state index < -0.39 is 0 Å². The number of hydrogen-bond donors (Lipinski definition) is 1. The number of aromatic hydroxyl groups is 1. The van der Waals surface area contributed by atoms with Gasteiger partial charge in [0, 0.05) is 23.3 Å². The van der Waals surface area contributed by atoms with Crippen LogP contribution in [0.5, 0.6) is 5.75 Å². The molecule has 0 amide bonds. The number of phenols is 1. The van der Waals surface area contributed by atoms with Gasteiger partial charge < -0.3 is 9.84 Å². The van der Waals surface area contributed by atoms with Gasteiger partial charge in [0.25, 0.3) is 0 Å². The van der Waals surface area contributed by atoms with E-state index in [2.05, 4.69) is 0 Å². The third kappa shape index (κ3) is 1.97. The summed E-state index contributed by atoms with van der Waals surface area (Å²) in [5, 5.41) is 9.63. The van der Waals surface area contributed by atoms with Crippen LogP contribution in [0.4, 0.5) is 0 Å². The van der Waals surface area contributed by atoms with E-state index in [0.717, 1.165) is 6.08 Å². The monoisotopic (exact) mass is 230 g/mol. The molecule has 0 radical (unpaired) electrons. The molecule has 17 heavy (non-hydrogen) atoms. The van der Waals surface area contributed by atoms with Gasteiger partial charge in [0.05, 0.1) is 7.11 Å². The van der Waals surface area contributed by atoms with Gasteiger partial charge in [0.15, 0.2) is 11.5 Å². The molecule has 1 aliphatic carbocycles. The summed E-state index contributed by atoms with van der Waals surface area (Å²) >= 11 is 0. The molecule has 0 saturated carbocycles. The fourth-order valence-electron chi connectivity index (χ4n) is 1.61. The van der Waals surface area contributed by atoms with Crippen molar-refractivity contribution in [3.63, 3.8) is 0 Å². The molecule has 0 aromatic heterocycles. The molecule has 0 unspecified atom stereocenters. The Hall–Kier alpha value is -2.36. The predicted molar refractivity (Wildman–Crippen MR) is 61.2 cm³/mol. The summed E-state index contributed by atoms with van der Waals surface area (Å²) in [5.41, 5.74) is 0.520. The first-order valence-electron chi connectivity index (χ1n) is 4.98. The lowest BCUT2D eigenvalue weighted by atomic mass is 9.95. The Morgan fingerprint density at radius 1 is 1.06 bits per heavy atom. The molecule has 1 N–H and O–H groups in total. The number of hydrogen-bond acceptors (Lipinski definition) is 4. The summed E-state index contributed by atoms with van der Waals surface area (Å²) in [6, 6.07) is 6.37. The standard InChI is InChI=1S/C13H10O4/c1-17-13-7-11(15)9(6-12(13)16)8-4-2-3-5-10(8)14/h2-7,14H,1H3. The fraction of sp³-hybridized carbons (Fsp3) is 0.0769. The Kier molecular flexibility index (Phi) is 2.78. The van der Waals surface area contributed by atoms with Crippen LogP contribution >= 0.6 is 0 Å². The van der Waals surface area contributed by atoms with Gasteiger partial charge >= 0.3 is 0 Å². The van der Waals surface area contributed by atoms with Gasteiger partial charge in [-0.05, 0) is 6.07 Å². The molecule has 0 heterocycles. The van der Waals surface area contributed by atoms with Crippen LogP contribution < -0.4 is 0 Å². The van der Waals surface area contributed by atoms with Crippen molar-refractivity contribution in [3.05, 3.63) is 47.7 Å². The van der Waals surface area contributed by atoms with E-state index in [9.17, 15) is 14.7 Å². The topological polar surface area (TPSA) is 63.6 Å². The summed E-state index contributed by atoms with van der Waals surface area (Å²) in [6.45, 7) is 0. The maximum Gasteiger partial charge on any atom is 0.221 e. The van der Waals surface area contributed by atoms with Crippen molar-refractivity contribution in [3.8, 4) is 5.75 Å². The number of ether oxygens (including phenoxy) is 1. The Balaban J connectivity index is 2.46. The Morgan fingerprint density at radius 3 is 2.41 bits per heavy atom. The number of rotatable bonds is 2. The minimum Gasteiger partial charge on any atom is -0.507 e. The Labute approximate surface area is 97.8 Å². The second-order valence-corrected chi connectivity index (χ2v) is 3.52. The third-order valence-electron chi connectivity index (χ3n) is 2.46. The van der Waals surface area contributed by atoms with Crippen LogP contribution in [0.3, 0.4) is 0 Å². The van der Waals surface area contributed by atoms with Crippen molar-refractivity contribution in [2.24, 2.45) is 0 Å². The zero-order valence-corrected chi connectivity index (χ0v) is 9.14. The van der Waals surface area contributed by atoms with Crippen LogP contribution in [0.1, 0.15) is 5.56 Å². The maximum absolute atomic E-state index is 11.8. The zero-order chi connectivity index (χ0) is 12.4. The van der Waals surface area contributed by atoms with Gasteiger partial charge in [-0.3, -0.25) is 9.59 Å². The van der Waals surface area contributed by atoms with Crippen molar-refractivity contribution in [2.45, 2.75) is 0 Å². The predicted octanol–water partition coefficient (Wildman–Crippen LogP) is 1.46. The highest BCUT2D eigenvalue weighted by molar-refractivity contribution is 6.35. The minimum atomic E-state index is -0.384. The van der Waals surface area contributed by atoms with Crippen molar-refractivity contribution >= 4 is 17.1 Å². The van der Waals surface area contributed by atoms with E-state index in [1.54, 1.807) is 18.2 Å². The van der Waals surface area contributed by atoms with Crippen LogP contribution in [0.25, 0.3) is 5.57 Å². The van der Waals surface area contributed by atoms with Crippen molar-refractivity contribution in [1.29, 1.82) is 0 Å². The minimum absolute atomic E-state index is 0.00849. The van der Waals surface area contributed by atoms with Crippen LogP contribution in [0, 0.1) is 0 Å². The molecular weight excluding hydrogens is 220 g/mol. The third-order valence-corrected chi connectivity index (χ3v) is 2.46. The van der Waals surface area contributed by atoms with Gasteiger partial charge in [0.2, 0.25) is 5.78 Å². The highest BCUT2D eigenvalue weighted by Crippen LogP contribution is 2.28. The average molecular weight is 230 g/mol. The van der Waals surface area contributed by atoms with E-state index in [4.69, 9.17) is 4.74 Å². The molecule has 0 spiro atoms. The van der Waals surface area contributed by atoms with Gasteiger partial charge in [-0.25, -0.2) is 0 Å².